The van der Waals surface area contributed by atoms with Gasteiger partial charge in [0.25, 0.3) is 0 Å². The van der Waals surface area contributed by atoms with Crippen molar-refractivity contribution in [3.8, 4) is 22.6 Å². The fourth-order valence-electron chi connectivity index (χ4n) is 7.98. The molecule has 0 spiro atoms. The first-order valence-corrected chi connectivity index (χ1v) is 14.9. The fourth-order valence-corrected chi connectivity index (χ4v) is 7.98. The van der Waals surface area contributed by atoms with E-state index in [2.05, 4.69) is 11.9 Å². The zero-order chi connectivity index (χ0) is 31.2. The number of aromatic hydroxyl groups is 2. The first-order chi connectivity index (χ1) is 20.4. The quantitative estimate of drug-likeness (QED) is 0.156. The van der Waals surface area contributed by atoms with E-state index in [1.54, 1.807) is 18.2 Å². The van der Waals surface area contributed by atoms with Gasteiger partial charge in [0.05, 0.1) is 5.41 Å². The van der Waals surface area contributed by atoms with E-state index in [0.29, 0.717) is 19.4 Å². The van der Waals surface area contributed by atoms with Crippen molar-refractivity contribution >= 4 is 5.78 Å². The van der Waals surface area contributed by atoms with Gasteiger partial charge in [-0.05, 0) is 66.3 Å². The highest BCUT2D eigenvalue weighted by Gasteiger charge is 2.79. The number of nitrogens with one attached hydrogen (secondary N) is 1. The molecule has 0 unspecified atom stereocenters. The van der Waals surface area contributed by atoms with Gasteiger partial charge in [0, 0.05) is 49.5 Å². The fraction of sp³-hybridized carbons (Fsp3) is 0.417. The van der Waals surface area contributed by atoms with Gasteiger partial charge < -0.3 is 30.5 Å². The second-order valence-electron chi connectivity index (χ2n) is 12.7. The summed E-state index contributed by atoms with van der Waals surface area (Å²) < 4.78 is 5.69. The molecule has 43 heavy (non-hydrogen) atoms. The molecular weight excluding hydrogens is 542 g/mol. The third-order valence-electron chi connectivity index (χ3n) is 10.4. The number of fused-ring (bicyclic) bond motifs is 2. The number of carbonyl (C=O) groups excluding carboxylic acids is 1. The molecule has 2 saturated carbocycles. The number of hydrogen-bond donors (Lipinski definition) is 5. The van der Waals surface area contributed by atoms with E-state index in [-0.39, 0.29) is 42.1 Å². The van der Waals surface area contributed by atoms with Gasteiger partial charge >= 0.3 is 0 Å². The molecule has 5 atom stereocenters. The van der Waals surface area contributed by atoms with Crippen LogP contribution in [0.2, 0.25) is 0 Å². The molecule has 228 valence electrons. The topological polar surface area (TPSA) is 119 Å². The van der Waals surface area contributed by atoms with Crippen molar-refractivity contribution in [2.75, 3.05) is 27.3 Å². The number of benzene rings is 3. The Bertz CT molecular complexity index is 1510. The molecule has 2 aliphatic carbocycles. The summed E-state index contributed by atoms with van der Waals surface area (Å²) in [6.07, 6.45) is 1.04. The number of methoxy groups -OCH3 is 1. The van der Waals surface area contributed by atoms with Crippen LogP contribution in [0.3, 0.4) is 0 Å². The molecule has 0 aliphatic heterocycles. The van der Waals surface area contributed by atoms with Crippen LogP contribution in [0.15, 0.2) is 78.9 Å². The standard InChI is InChI=1S/C36H43NO6/c1-22-33-27(21-38)19-35(34(22,2)3,36(33,42)43-5)32(41)16-9-23-7-6-8-25(17-23)26-12-15-29(31(40)18-26)30(20-37-4)24-10-13-28(39)14-11-24/h6-8,10-15,17-18,27,30,33,37-40,42H,1,9,16,19-21H2,2-5H3/t27-,30-,33+,35-,36+/m1/s1. The number of phenols is 2. The van der Waals surface area contributed by atoms with Crippen molar-refractivity contribution in [3.63, 3.8) is 0 Å². The lowest BCUT2D eigenvalue weighted by atomic mass is 9.58. The monoisotopic (exact) mass is 585 g/mol. The molecule has 0 aromatic heterocycles. The summed E-state index contributed by atoms with van der Waals surface area (Å²) in [6.45, 7) is 8.61. The minimum atomic E-state index is -1.70. The highest BCUT2D eigenvalue weighted by atomic mass is 16.6. The van der Waals surface area contributed by atoms with Crippen LogP contribution in [0, 0.1) is 22.7 Å². The van der Waals surface area contributed by atoms with E-state index in [1.807, 2.05) is 69.4 Å². The SMILES string of the molecule is C=C1[C@H]2[C@@H](CO)C[C@@](C(=O)CCc3cccc(-c4ccc([C@H](CNC)c5ccc(O)cc5)c(O)c4)c3)(C1(C)C)[C@@]2(O)OC. The Morgan fingerprint density at radius 2 is 1.77 bits per heavy atom. The lowest BCUT2D eigenvalue weighted by Crippen LogP contribution is -2.55. The van der Waals surface area contributed by atoms with Crippen LogP contribution in [0.25, 0.3) is 11.1 Å². The van der Waals surface area contributed by atoms with Gasteiger partial charge in [0.1, 0.15) is 17.3 Å². The molecule has 0 radical (unpaired) electrons. The minimum absolute atomic E-state index is 0.0846. The van der Waals surface area contributed by atoms with Gasteiger partial charge in [0.2, 0.25) is 0 Å². The summed E-state index contributed by atoms with van der Waals surface area (Å²) >= 11 is 0. The molecule has 2 aliphatic rings. The molecule has 2 bridgehead atoms. The Balaban J connectivity index is 1.37. The number of rotatable bonds is 11. The Morgan fingerprint density at radius 3 is 2.40 bits per heavy atom. The third-order valence-corrected chi connectivity index (χ3v) is 10.4. The van der Waals surface area contributed by atoms with Gasteiger partial charge in [-0.2, -0.15) is 0 Å². The van der Waals surface area contributed by atoms with Crippen LogP contribution in [0.1, 0.15) is 49.3 Å². The largest absolute Gasteiger partial charge is 0.508 e. The number of carbonyl (C=O) groups is 1. The van der Waals surface area contributed by atoms with Crippen molar-refractivity contribution in [2.24, 2.45) is 22.7 Å². The first-order valence-electron chi connectivity index (χ1n) is 14.9. The zero-order valence-electron chi connectivity index (χ0n) is 25.4. The van der Waals surface area contributed by atoms with E-state index in [1.165, 1.54) is 7.11 Å². The smallest absolute Gasteiger partial charge is 0.185 e. The number of hydrogen-bond acceptors (Lipinski definition) is 7. The molecule has 5 rings (SSSR count). The van der Waals surface area contributed by atoms with Crippen molar-refractivity contribution in [1.29, 1.82) is 0 Å². The van der Waals surface area contributed by atoms with Crippen LogP contribution in [0.4, 0.5) is 0 Å². The Kier molecular flexibility index (Phi) is 8.31. The van der Waals surface area contributed by atoms with Crippen LogP contribution >= 0.6 is 0 Å². The summed E-state index contributed by atoms with van der Waals surface area (Å²) in [7, 11) is 3.30. The third kappa shape index (κ3) is 4.79. The average Bonchev–Trinajstić information content (AvgIpc) is 3.35. The number of likely N-dealkylation sites (N-methyl/N-ethyl adjacent to an activating group) is 1. The summed E-state index contributed by atoms with van der Waals surface area (Å²) in [6, 6.07) is 20.6. The lowest BCUT2D eigenvalue weighted by molar-refractivity contribution is -0.253. The lowest BCUT2D eigenvalue weighted by Gasteiger charge is -2.46. The van der Waals surface area contributed by atoms with Crippen LogP contribution < -0.4 is 5.32 Å². The summed E-state index contributed by atoms with van der Waals surface area (Å²) in [5.74, 6) is -2.29. The molecule has 2 fully saturated rings. The number of aryl methyl sites for hydroxylation is 1. The Morgan fingerprint density at radius 1 is 1.07 bits per heavy atom. The molecule has 7 heteroatoms. The van der Waals surface area contributed by atoms with Crippen LogP contribution in [-0.4, -0.2) is 59.3 Å². The number of Topliss-reactive ketones (excluding diaryl/α,β-unsaturated/α-hetero) is 1. The number of aliphatic hydroxyl groups is 2. The van der Waals surface area contributed by atoms with E-state index < -0.39 is 22.5 Å². The molecule has 0 saturated heterocycles. The van der Waals surface area contributed by atoms with Gasteiger partial charge in [0.15, 0.2) is 5.79 Å². The van der Waals surface area contributed by atoms with Crippen molar-refractivity contribution in [2.45, 2.75) is 44.8 Å². The molecule has 3 aromatic rings. The molecule has 5 N–H and O–H groups in total. The summed E-state index contributed by atoms with van der Waals surface area (Å²) in [5, 5.41) is 45.8. The number of ether oxygens (including phenoxy) is 1. The van der Waals surface area contributed by atoms with Crippen molar-refractivity contribution in [3.05, 3.63) is 95.6 Å². The van der Waals surface area contributed by atoms with E-state index in [4.69, 9.17) is 4.74 Å². The zero-order valence-corrected chi connectivity index (χ0v) is 25.4. The van der Waals surface area contributed by atoms with Crippen molar-refractivity contribution < 1.29 is 30.0 Å². The van der Waals surface area contributed by atoms with Gasteiger partial charge in [-0.15, -0.1) is 0 Å². The van der Waals surface area contributed by atoms with Gasteiger partial charge in [-0.25, -0.2) is 0 Å². The van der Waals surface area contributed by atoms with Gasteiger partial charge in [-0.1, -0.05) is 74.5 Å². The maximum Gasteiger partial charge on any atom is 0.185 e. The number of aliphatic hydroxyl groups excluding tert-OH is 1. The normalized spacial score (nSPS) is 26.5. The second-order valence-corrected chi connectivity index (χ2v) is 12.7. The average molecular weight is 586 g/mol. The highest BCUT2D eigenvalue weighted by Crippen LogP contribution is 2.73. The van der Waals surface area contributed by atoms with E-state index in [9.17, 15) is 25.2 Å². The highest BCUT2D eigenvalue weighted by molar-refractivity contribution is 5.89. The van der Waals surface area contributed by atoms with Crippen molar-refractivity contribution in [1.82, 2.24) is 5.32 Å². The molecular formula is C36H43NO6. The van der Waals surface area contributed by atoms with Crippen LogP contribution in [-0.2, 0) is 16.0 Å². The Hall–Kier alpha value is -3.49. The summed E-state index contributed by atoms with van der Waals surface area (Å²) in [4.78, 5) is 14.1. The summed E-state index contributed by atoms with van der Waals surface area (Å²) in [5.41, 5.74) is 3.39. The number of ketones is 1. The maximum absolute atomic E-state index is 14.1. The molecule has 3 aromatic carbocycles. The maximum atomic E-state index is 14.1. The second kappa shape index (κ2) is 11.5. The minimum Gasteiger partial charge on any atom is -0.508 e. The van der Waals surface area contributed by atoms with Crippen LogP contribution in [0.5, 0.6) is 11.5 Å². The molecule has 0 heterocycles. The van der Waals surface area contributed by atoms with E-state index in [0.717, 1.165) is 33.4 Å². The Labute approximate surface area is 253 Å². The van der Waals surface area contributed by atoms with Gasteiger partial charge in [-0.3, -0.25) is 4.79 Å². The molecule has 0 amide bonds. The first kappa shape index (κ1) is 31.0. The van der Waals surface area contributed by atoms with E-state index >= 15 is 0 Å². The molecule has 7 nitrogen and oxygen atoms in total. The number of phenolic OH excluding ortho intramolecular Hbond substituents is 2. The predicted octanol–water partition coefficient (Wildman–Crippen LogP) is 5.16. The predicted molar refractivity (Wildman–Crippen MR) is 167 cm³/mol.